The van der Waals surface area contributed by atoms with Gasteiger partial charge in [0.15, 0.2) is 11.6 Å². The van der Waals surface area contributed by atoms with Crippen LogP contribution in [0, 0.1) is 5.82 Å². The van der Waals surface area contributed by atoms with Crippen molar-refractivity contribution in [2.75, 3.05) is 31.6 Å². The standard InChI is InChI=1S/C14H19FN2O2/c1-2-19-13-6-5-11(9-12(13)15)16-10-14(18)17-7-3-4-8-17/h5-6,9,16H,2-4,7-8,10H2,1H3. The minimum absolute atomic E-state index is 0.0618. The first-order valence-corrected chi connectivity index (χ1v) is 6.64. The number of benzene rings is 1. The van der Waals surface area contributed by atoms with Crippen LogP contribution in [0.3, 0.4) is 0 Å². The van der Waals surface area contributed by atoms with Gasteiger partial charge in [0, 0.05) is 24.8 Å². The number of nitrogens with zero attached hydrogens (tertiary/aromatic N) is 1. The van der Waals surface area contributed by atoms with Gasteiger partial charge in [0.05, 0.1) is 13.2 Å². The Hall–Kier alpha value is -1.78. The maximum absolute atomic E-state index is 13.6. The van der Waals surface area contributed by atoms with E-state index in [-0.39, 0.29) is 18.2 Å². The van der Waals surface area contributed by atoms with Gasteiger partial charge in [-0.15, -0.1) is 0 Å². The van der Waals surface area contributed by atoms with Crippen LogP contribution in [-0.4, -0.2) is 37.0 Å². The lowest BCUT2D eigenvalue weighted by atomic mass is 10.3. The second-order valence-electron chi connectivity index (χ2n) is 4.52. The zero-order valence-electron chi connectivity index (χ0n) is 11.1. The predicted molar refractivity (Wildman–Crippen MR) is 71.9 cm³/mol. The monoisotopic (exact) mass is 266 g/mol. The summed E-state index contributed by atoms with van der Waals surface area (Å²) in [6, 6.07) is 4.63. The average molecular weight is 266 g/mol. The van der Waals surface area contributed by atoms with Gasteiger partial charge < -0.3 is 15.0 Å². The normalized spacial score (nSPS) is 14.5. The van der Waals surface area contributed by atoms with Gasteiger partial charge in [0.1, 0.15) is 0 Å². The van der Waals surface area contributed by atoms with E-state index < -0.39 is 5.82 Å². The highest BCUT2D eigenvalue weighted by molar-refractivity contribution is 5.81. The molecular weight excluding hydrogens is 247 g/mol. The summed E-state index contributed by atoms with van der Waals surface area (Å²) in [5.41, 5.74) is 0.591. The summed E-state index contributed by atoms with van der Waals surface area (Å²) in [5.74, 6) is -0.119. The van der Waals surface area contributed by atoms with Crippen molar-refractivity contribution in [1.29, 1.82) is 0 Å². The van der Waals surface area contributed by atoms with Crippen LogP contribution in [0.4, 0.5) is 10.1 Å². The zero-order chi connectivity index (χ0) is 13.7. The van der Waals surface area contributed by atoms with E-state index in [0.29, 0.717) is 12.3 Å². The molecule has 1 aromatic rings. The molecule has 0 radical (unpaired) electrons. The van der Waals surface area contributed by atoms with Crippen molar-refractivity contribution in [1.82, 2.24) is 4.90 Å². The first-order valence-electron chi connectivity index (χ1n) is 6.64. The van der Waals surface area contributed by atoms with Crippen LogP contribution in [0.15, 0.2) is 18.2 Å². The fourth-order valence-electron chi connectivity index (χ4n) is 2.14. The number of ether oxygens (including phenoxy) is 1. The van der Waals surface area contributed by atoms with Crippen molar-refractivity contribution in [2.24, 2.45) is 0 Å². The van der Waals surface area contributed by atoms with E-state index in [4.69, 9.17) is 4.74 Å². The smallest absolute Gasteiger partial charge is 0.241 e. The Kier molecular flexibility index (Phi) is 4.60. The van der Waals surface area contributed by atoms with Crippen molar-refractivity contribution in [3.63, 3.8) is 0 Å². The highest BCUT2D eigenvalue weighted by Gasteiger charge is 2.17. The molecule has 1 aromatic carbocycles. The summed E-state index contributed by atoms with van der Waals surface area (Å²) in [7, 11) is 0. The second-order valence-corrected chi connectivity index (χ2v) is 4.52. The fourth-order valence-corrected chi connectivity index (χ4v) is 2.14. The summed E-state index contributed by atoms with van der Waals surface area (Å²) in [5, 5.41) is 2.94. The minimum atomic E-state index is -0.416. The van der Waals surface area contributed by atoms with Gasteiger partial charge in [-0.3, -0.25) is 4.79 Å². The number of amides is 1. The number of carbonyl (C=O) groups is 1. The van der Waals surface area contributed by atoms with Gasteiger partial charge in [-0.2, -0.15) is 0 Å². The Morgan fingerprint density at radius 3 is 2.79 bits per heavy atom. The molecule has 1 aliphatic heterocycles. The average Bonchev–Trinajstić information content (AvgIpc) is 2.93. The van der Waals surface area contributed by atoms with E-state index in [2.05, 4.69) is 5.32 Å². The van der Waals surface area contributed by atoms with Crippen molar-refractivity contribution in [3.8, 4) is 5.75 Å². The predicted octanol–water partition coefficient (Wildman–Crippen LogP) is 2.26. The highest BCUT2D eigenvalue weighted by atomic mass is 19.1. The molecule has 0 spiro atoms. The van der Waals surface area contributed by atoms with Gasteiger partial charge >= 0.3 is 0 Å². The summed E-state index contributed by atoms with van der Waals surface area (Å²) >= 11 is 0. The molecule has 1 fully saturated rings. The largest absolute Gasteiger partial charge is 0.491 e. The third-order valence-corrected chi connectivity index (χ3v) is 3.13. The topological polar surface area (TPSA) is 41.6 Å². The molecule has 1 aliphatic rings. The van der Waals surface area contributed by atoms with Crippen LogP contribution in [0.5, 0.6) is 5.75 Å². The molecule has 1 saturated heterocycles. The molecule has 104 valence electrons. The molecule has 1 N–H and O–H groups in total. The van der Waals surface area contributed by atoms with E-state index in [0.717, 1.165) is 25.9 Å². The molecule has 2 rings (SSSR count). The molecule has 4 nitrogen and oxygen atoms in total. The number of anilines is 1. The van der Waals surface area contributed by atoms with E-state index in [1.807, 2.05) is 4.90 Å². The number of hydrogen-bond acceptors (Lipinski definition) is 3. The molecule has 1 amide bonds. The molecule has 1 heterocycles. The van der Waals surface area contributed by atoms with E-state index in [9.17, 15) is 9.18 Å². The molecule has 0 saturated carbocycles. The number of rotatable bonds is 5. The Morgan fingerprint density at radius 1 is 1.42 bits per heavy atom. The first-order chi connectivity index (χ1) is 9.20. The number of hydrogen-bond donors (Lipinski definition) is 1. The van der Waals surface area contributed by atoms with E-state index >= 15 is 0 Å². The molecule has 0 atom stereocenters. The maximum atomic E-state index is 13.6. The molecule has 0 unspecified atom stereocenters. The van der Waals surface area contributed by atoms with Gasteiger partial charge in [-0.25, -0.2) is 4.39 Å². The number of halogens is 1. The number of likely N-dealkylation sites (tertiary alicyclic amines) is 1. The lowest BCUT2D eigenvalue weighted by Crippen LogP contribution is -2.32. The first kappa shape index (κ1) is 13.6. The Balaban J connectivity index is 1.88. The molecular formula is C14H19FN2O2. The fraction of sp³-hybridized carbons (Fsp3) is 0.500. The van der Waals surface area contributed by atoms with E-state index in [1.165, 1.54) is 6.07 Å². The van der Waals surface area contributed by atoms with Crippen LogP contribution in [-0.2, 0) is 4.79 Å². The van der Waals surface area contributed by atoms with Gasteiger partial charge in [-0.05, 0) is 31.9 Å². The summed E-state index contributed by atoms with van der Waals surface area (Å²) in [4.78, 5) is 13.6. The van der Waals surface area contributed by atoms with Crippen LogP contribution in [0.25, 0.3) is 0 Å². The van der Waals surface area contributed by atoms with Crippen LogP contribution >= 0.6 is 0 Å². The van der Waals surface area contributed by atoms with Gasteiger partial charge in [0.2, 0.25) is 5.91 Å². The second kappa shape index (κ2) is 6.41. The van der Waals surface area contributed by atoms with Crippen LogP contribution in [0.2, 0.25) is 0 Å². The zero-order valence-corrected chi connectivity index (χ0v) is 11.1. The lowest BCUT2D eigenvalue weighted by molar-refractivity contribution is -0.128. The molecule has 0 bridgehead atoms. The van der Waals surface area contributed by atoms with Crippen molar-refractivity contribution in [2.45, 2.75) is 19.8 Å². The molecule has 19 heavy (non-hydrogen) atoms. The van der Waals surface area contributed by atoms with Crippen LogP contribution < -0.4 is 10.1 Å². The molecule has 0 aliphatic carbocycles. The third kappa shape index (κ3) is 3.59. The molecule has 5 heteroatoms. The van der Waals surface area contributed by atoms with Crippen molar-refractivity contribution in [3.05, 3.63) is 24.0 Å². The van der Waals surface area contributed by atoms with E-state index in [1.54, 1.807) is 19.1 Å². The Bertz CT molecular complexity index is 445. The van der Waals surface area contributed by atoms with Gasteiger partial charge in [0.25, 0.3) is 0 Å². The minimum Gasteiger partial charge on any atom is -0.491 e. The summed E-state index contributed by atoms with van der Waals surface area (Å²) in [6.07, 6.45) is 2.15. The number of nitrogens with one attached hydrogen (secondary N) is 1. The third-order valence-electron chi connectivity index (χ3n) is 3.13. The summed E-state index contributed by atoms with van der Waals surface area (Å²) in [6.45, 7) is 4.10. The van der Waals surface area contributed by atoms with Crippen LogP contribution in [0.1, 0.15) is 19.8 Å². The molecule has 0 aromatic heterocycles. The summed E-state index contributed by atoms with van der Waals surface area (Å²) < 4.78 is 18.7. The Labute approximate surface area is 112 Å². The van der Waals surface area contributed by atoms with Crippen molar-refractivity contribution < 1.29 is 13.9 Å². The quantitative estimate of drug-likeness (QED) is 0.888. The maximum Gasteiger partial charge on any atom is 0.241 e. The lowest BCUT2D eigenvalue weighted by Gasteiger charge is -2.16. The Morgan fingerprint density at radius 2 is 2.16 bits per heavy atom. The highest BCUT2D eigenvalue weighted by Crippen LogP contribution is 2.21. The SMILES string of the molecule is CCOc1ccc(NCC(=O)N2CCCC2)cc1F. The number of carbonyl (C=O) groups excluding carboxylic acids is 1. The van der Waals surface area contributed by atoms with Crippen molar-refractivity contribution >= 4 is 11.6 Å². The van der Waals surface area contributed by atoms with Gasteiger partial charge in [-0.1, -0.05) is 0 Å².